The first-order chi connectivity index (χ1) is 17.8. The second-order valence-electron chi connectivity index (χ2n) is 10.8. The van der Waals surface area contributed by atoms with E-state index in [-0.39, 0.29) is 5.91 Å². The van der Waals surface area contributed by atoms with Gasteiger partial charge < -0.3 is 9.80 Å². The Morgan fingerprint density at radius 3 is 2.19 bits per heavy atom. The van der Waals surface area contributed by atoms with Gasteiger partial charge in [-0.15, -0.1) is 0 Å². The zero-order chi connectivity index (χ0) is 24.3. The number of piperidine rings is 1. The van der Waals surface area contributed by atoms with E-state index in [1.54, 1.807) is 0 Å². The normalized spacial score (nSPS) is 22.8. The zero-order valence-electron chi connectivity index (χ0n) is 21.1. The molecule has 1 aliphatic carbocycles. The highest BCUT2D eigenvalue weighted by Crippen LogP contribution is 2.37. The summed E-state index contributed by atoms with van der Waals surface area (Å²) in [6.45, 7) is 5.01. The Balaban J connectivity index is 1.17. The standard InChI is InChI=1S/C33H36N2O/c36-33(31-17-9-15-27-14-7-8-16-30(27)31)35-23-29(32(24-35)28-12-5-2-6-13-28)22-34-20-18-26(19-21-34)25-10-3-1-4-11-25/h1-8,10-14,16-17,26,29,32H,9,15,18-24H2. The van der Waals surface area contributed by atoms with Crippen LogP contribution in [-0.4, -0.2) is 48.4 Å². The third-order valence-corrected chi connectivity index (χ3v) is 8.61. The monoisotopic (exact) mass is 476 g/mol. The molecular formula is C33H36N2O. The van der Waals surface area contributed by atoms with Crippen LogP contribution >= 0.6 is 0 Å². The Hall–Kier alpha value is -3.17. The van der Waals surface area contributed by atoms with Gasteiger partial charge in [-0.05, 0) is 72.9 Å². The largest absolute Gasteiger partial charge is 0.338 e. The van der Waals surface area contributed by atoms with Gasteiger partial charge in [0, 0.05) is 31.1 Å². The van der Waals surface area contributed by atoms with Crippen LogP contribution in [0.1, 0.15) is 53.4 Å². The summed E-state index contributed by atoms with van der Waals surface area (Å²) in [5, 5.41) is 0. The van der Waals surface area contributed by atoms with E-state index < -0.39 is 0 Å². The van der Waals surface area contributed by atoms with Crippen LogP contribution in [0, 0.1) is 5.92 Å². The Morgan fingerprint density at radius 2 is 1.44 bits per heavy atom. The first-order valence-electron chi connectivity index (χ1n) is 13.7. The van der Waals surface area contributed by atoms with Gasteiger partial charge in [0.15, 0.2) is 0 Å². The second kappa shape index (κ2) is 10.4. The highest BCUT2D eigenvalue weighted by Gasteiger charge is 2.38. The van der Waals surface area contributed by atoms with E-state index in [1.807, 2.05) is 0 Å². The third-order valence-electron chi connectivity index (χ3n) is 8.61. The molecule has 3 aromatic rings. The highest BCUT2D eigenvalue weighted by molar-refractivity contribution is 6.20. The van der Waals surface area contributed by atoms with Crippen molar-refractivity contribution in [2.75, 3.05) is 32.7 Å². The topological polar surface area (TPSA) is 23.6 Å². The molecule has 36 heavy (non-hydrogen) atoms. The molecule has 184 valence electrons. The fourth-order valence-corrected chi connectivity index (χ4v) is 6.66. The number of carbonyl (C=O) groups is 1. The zero-order valence-corrected chi connectivity index (χ0v) is 21.1. The molecule has 2 fully saturated rings. The molecule has 3 aromatic carbocycles. The second-order valence-corrected chi connectivity index (χ2v) is 10.8. The lowest BCUT2D eigenvalue weighted by atomic mass is 9.86. The van der Waals surface area contributed by atoms with Crippen LogP contribution in [0.2, 0.25) is 0 Å². The SMILES string of the molecule is O=C(C1=CCCc2ccccc21)N1CC(CN2CCC(c3ccccc3)CC2)C(c2ccccc2)C1. The molecule has 6 rings (SSSR count). The lowest BCUT2D eigenvalue weighted by Crippen LogP contribution is -2.38. The number of benzene rings is 3. The molecule has 2 heterocycles. The highest BCUT2D eigenvalue weighted by atomic mass is 16.2. The summed E-state index contributed by atoms with van der Waals surface area (Å²) in [7, 11) is 0. The summed E-state index contributed by atoms with van der Waals surface area (Å²) in [6, 6.07) is 30.3. The third kappa shape index (κ3) is 4.77. The number of aryl methyl sites for hydroxylation is 1. The van der Waals surface area contributed by atoms with Crippen LogP contribution in [0.5, 0.6) is 0 Å². The number of allylic oxidation sites excluding steroid dienone is 1. The van der Waals surface area contributed by atoms with Gasteiger partial charge in [0.25, 0.3) is 5.91 Å². The van der Waals surface area contributed by atoms with Gasteiger partial charge in [0.1, 0.15) is 0 Å². The molecule has 0 bridgehead atoms. The Kier molecular flexibility index (Phi) is 6.74. The number of hydrogen-bond donors (Lipinski definition) is 0. The van der Waals surface area contributed by atoms with Crippen molar-refractivity contribution in [3.63, 3.8) is 0 Å². The average molecular weight is 477 g/mol. The summed E-state index contributed by atoms with van der Waals surface area (Å²) in [4.78, 5) is 18.6. The summed E-state index contributed by atoms with van der Waals surface area (Å²) in [5.41, 5.74) is 6.21. The molecule has 0 N–H and O–H groups in total. The van der Waals surface area contributed by atoms with Crippen molar-refractivity contribution >= 4 is 11.5 Å². The van der Waals surface area contributed by atoms with Crippen LogP contribution in [0.15, 0.2) is 91.0 Å². The molecule has 1 amide bonds. The predicted octanol–water partition coefficient (Wildman–Crippen LogP) is 6.14. The molecule has 0 spiro atoms. The fraction of sp³-hybridized carbons (Fsp3) is 0.364. The van der Waals surface area contributed by atoms with E-state index in [0.717, 1.165) is 56.7 Å². The smallest absolute Gasteiger partial charge is 0.254 e. The van der Waals surface area contributed by atoms with Crippen LogP contribution in [0.4, 0.5) is 0 Å². The number of fused-ring (bicyclic) bond motifs is 1. The maximum Gasteiger partial charge on any atom is 0.254 e. The molecule has 0 radical (unpaired) electrons. The van der Waals surface area contributed by atoms with Crippen LogP contribution < -0.4 is 0 Å². The van der Waals surface area contributed by atoms with Gasteiger partial charge in [-0.1, -0.05) is 91.0 Å². The van der Waals surface area contributed by atoms with Crippen molar-refractivity contribution in [1.82, 2.24) is 9.80 Å². The number of carbonyl (C=O) groups excluding carboxylic acids is 1. The lowest BCUT2D eigenvalue weighted by molar-refractivity contribution is -0.124. The van der Waals surface area contributed by atoms with Crippen LogP contribution in [-0.2, 0) is 11.2 Å². The molecule has 0 saturated carbocycles. The Labute approximate surface area is 215 Å². The maximum absolute atomic E-state index is 13.8. The lowest BCUT2D eigenvalue weighted by Gasteiger charge is -2.34. The van der Waals surface area contributed by atoms with Gasteiger partial charge >= 0.3 is 0 Å². The van der Waals surface area contributed by atoms with Crippen molar-refractivity contribution < 1.29 is 4.79 Å². The van der Waals surface area contributed by atoms with Gasteiger partial charge in [-0.25, -0.2) is 0 Å². The minimum absolute atomic E-state index is 0.216. The van der Waals surface area contributed by atoms with Crippen molar-refractivity contribution in [2.45, 2.75) is 37.5 Å². The number of likely N-dealkylation sites (tertiary alicyclic amines) is 2. The van der Waals surface area contributed by atoms with E-state index >= 15 is 0 Å². The summed E-state index contributed by atoms with van der Waals surface area (Å²) in [6.07, 6.45) is 6.59. The van der Waals surface area contributed by atoms with Gasteiger partial charge in [-0.3, -0.25) is 4.79 Å². The molecule has 2 unspecified atom stereocenters. The average Bonchev–Trinajstić information content (AvgIpc) is 3.37. The molecule has 3 aliphatic rings. The summed E-state index contributed by atoms with van der Waals surface area (Å²) < 4.78 is 0. The van der Waals surface area contributed by atoms with Crippen molar-refractivity contribution in [1.29, 1.82) is 0 Å². The van der Waals surface area contributed by atoms with E-state index in [2.05, 4.69) is 101 Å². The van der Waals surface area contributed by atoms with E-state index in [1.165, 1.54) is 29.5 Å². The van der Waals surface area contributed by atoms with Crippen LogP contribution in [0.3, 0.4) is 0 Å². The fourth-order valence-electron chi connectivity index (χ4n) is 6.66. The number of nitrogens with zero attached hydrogens (tertiary/aromatic N) is 2. The number of amides is 1. The van der Waals surface area contributed by atoms with Gasteiger partial charge in [0.05, 0.1) is 0 Å². The van der Waals surface area contributed by atoms with E-state index in [0.29, 0.717) is 17.8 Å². The minimum Gasteiger partial charge on any atom is -0.338 e. The minimum atomic E-state index is 0.216. The summed E-state index contributed by atoms with van der Waals surface area (Å²) in [5.74, 6) is 1.74. The first-order valence-corrected chi connectivity index (χ1v) is 13.7. The van der Waals surface area contributed by atoms with Gasteiger partial charge in [0.2, 0.25) is 0 Å². The van der Waals surface area contributed by atoms with Crippen molar-refractivity contribution in [2.24, 2.45) is 5.92 Å². The quantitative estimate of drug-likeness (QED) is 0.442. The van der Waals surface area contributed by atoms with Crippen molar-refractivity contribution in [3.8, 4) is 0 Å². The van der Waals surface area contributed by atoms with Crippen molar-refractivity contribution in [3.05, 3.63) is 113 Å². The molecule has 2 atom stereocenters. The van der Waals surface area contributed by atoms with E-state index in [4.69, 9.17) is 0 Å². The predicted molar refractivity (Wildman–Crippen MR) is 147 cm³/mol. The van der Waals surface area contributed by atoms with E-state index in [9.17, 15) is 4.79 Å². The molecule has 2 saturated heterocycles. The first kappa shape index (κ1) is 23.2. The Morgan fingerprint density at radius 1 is 0.778 bits per heavy atom. The molecule has 3 nitrogen and oxygen atoms in total. The Bertz CT molecular complexity index is 1210. The molecule has 3 heteroatoms. The number of rotatable bonds is 5. The molecule has 2 aliphatic heterocycles. The molecule has 0 aromatic heterocycles. The van der Waals surface area contributed by atoms with Crippen LogP contribution in [0.25, 0.3) is 5.57 Å². The van der Waals surface area contributed by atoms with Gasteiger partial charge in [-0.2, -0.15) is 0 Å². The molecular weight excluding hydrogens is 440 g/mol. The summed E-state index contributed by atoms with van der Waals surface area (Å²) >= 11 is 0. The maximum atomic E-state index is 13.8. The number of hydrogen-bond acceptors (Lipinski definition) is 2.